The Balaban J connectivity index is 1.27. The van der Waals surface area contributed by atoms with E-state index in [2.05, 4.69) is 52.1 Å². The molecule has 3 fully saturated rings. The zero-order valence-corrected chi connectivity index (χ0v) is 19.7. The van der Waals surface area contributed by atoms with Gasteiger partial charge in [0.25, 0.3) is 5.56 Å². The Morgan fingerprint density at radius 3 is 2.84 bits per heavy atom. The Morgan fingerprint density at radius 2 is 2.13 bits per heavy atom. The van der Waals surface area contributed by atoms with Gasteiger partial charge >= 0.3 is 0 Å². The van der Waals surface area contributed by atoms with Gasteiger partial charge in [-0.2, -0.15) is 5.10 Å². The molecule has 3 saturated carbocycles. The number of carbonyl (C=O) groups is 1. The van der Waals surface area contributed by atoms with Crippen LogP contribution < -0.4 is 10.9 Å². The minimum Gasteiger partial charge on any atom is -0.380 e. The smallest absolute Gasteiger partial charge is 0.283 e. The molecular formula is C23H28BrN5O2. The number of pyridine rings is 1. The maximum Gasteiger partial charge on any atom is 0.283 e. The average Bonchev–Trinajstić information content (AvgIpc) is 3.18. The van der Waals surface area contributed by atoms with E-state index in [0.717, 1.165) is 23.6 Å². The molecule has 31 heavy (non-hydrogen) atoms. The van der Waals surface area contributed by atoms with Crippen LogP contribution in [0.25, 0.3) is 0 Å². The molecule has 0 aromatic carbocycles. The molecule has 6 rings (SSSR count). The number of hydrogen-bond acceptors (Lipinski definition) is 5. The monoisotopic (exact) mass is 485 g/mol. The minimum absolute atomic E-state index is 0.0795. The molecule has 4 aliphatic rings. The third kappa shape index (κ3) is 3.39. The van der Waals surface area contributed by atoms with Crippen LogP contribution in [0.3, 0.4) is 0 Å². The number of aromatic nitrogens is 3. The Kier molecular flexibility index (Phi) is 4.95. The summed E-state index contributed by atoms with van der Waals surface area (Å²) in [5.74, 6) is 1.85. The van der Waals surface area contributed by atoms with Gasteiger partial charge in [0.2, 0.25) is 5.91 Å². The van der Waals surface area contributed by atoms with Crippen LogP contribution in [-0.4, -0.2) is 31.6 Å². The Bertz CT molecular complexity index is 1070. The van der Waals surface area contributed by atoms with E-state index in [1.807, 2.05) is 12.1 Å². The molecule has 8 heteroatoms. The lowest BCUT2D eigenvalue weighted by Crippen LogP contribution is -2.58. The van der Waals surface area contributed by atoms with Gasteiger partial charge in [0.1, 0.15) is 11.0 Å². The van der Waals surface area contributed by atoms with Crippen molar-refractivity contribution in [1.29, 1.82) is 0 Å². The Morgan fingerprint density at radius 1 is 1.32 bits per heavy atom. The lowest BCUT2D eigenvalue weighted by molar-refractivity contribution is -0.132. The van der Waals surface area contributed by atoms with Crippen LogP contribution in [-0.2, 0) is 24.4 Å². The number of hydrogen-bond donors (Lipinski definition) is 1. The van der Waals surface area contributed by atoms with Gasteiger partial charge in [0.05, 0.1) is 24.1 Å². The van der Waals surface area contributed by atoms with Gasteiger partial charge < -0.3 is 10.2 Å². The van der Waals surface area contributed by atoms with Gasteiger partial charge in [-0.15, -0.1) is 0 Å². The molecule has 7 nitrogen and oxygen atoms in total. The molecule has 3 heterocycles. The van der Waals surface area contributed by atoms with Crippen LogP contribution in [0.15, 0.2) is 33.8 Å². The molecule has 2 aromatic rings. The van der Waals surface area contributed by atoms with Crippen molar-refractivity contribution in [3.8, 4) is 0 Å². The first-order chi connectivity index (χ1) is 14.8. The minimum atomic E-state index is -0.290. The molecule has 2 aromatic heterocycles. The fourth-order valence-corrected chi connectivity index (χ4v) is 6.24. The normalized spacial score (nSPS) is 28.1. The van der Waals surface area contributed by atoms with E-state index in [4.69, 9.17) is 0 Å². The van der Waals surface area contributed by atoms with Crippen LogP contribution in [0.1, 0.15) is 44.9 Å². The second kappa shape index (κ2) is 7.43. The largest absolute Gasteiger partial charge is 0.380 e. The average molecular weight is 486 g/mol. The van der Waals surface area contributed by atoms with Crippen molar-refractivity contribution >= 4 is 27.5 Å². The lowest BCUT2D eigenvalue weighted by atomic mass is 9.45. The van der Waals surface area contributed by atoms with Gasteiger partial charge in [-0.05, 0) is 63.6 Å². The summed E-state index contributed by atoms with van der Waals surface area (Å²) in [4.78, 5) is 31.7. The zero-order chi connectivity index (χ0) is 21.9. The van der Waals surface area contributed by atoms with Gasteiger partial charge in [0, 0.05) is 18.8 Å². The molecule has 3 aliphatic carbocycles. The maximum atomic E-state index is 12.9. The molecule has 0 radical (unpaired) electrons. The number of fused-ring (bicyclic) bond motifs is 3. The fraction of sp³-hybridized carbons (Fsp3) is 0.565. The van der Waals surface area contributed by atoms with Crippen LogP contribution in [0.5, 0.6) is 0 Å². The fourth-order valence-electron chi connectivity index (χ4n) is 5.82. The summed E-state index contributed by atoms with van der Waals surface area (Å²) in [6.45, 7) is 7.98. The molecule has 0 unspecified atom stereocenters. The molecular weight excluding hydrogens is 458 g/mol. The summed E-state index contributed by atoms with van der Waals surface area (Å²) in [6, 6.07) is 4.19. The Hall–Kier alpha value is -2.22. The molecule has 0 saturated heterocycles. The van der Waals surface area contributed by atoms with Gasteiger partial charge in [-0.25, -0.2) is 4.68 Å². The van der Waals surface area contributed by atoms with Gasteiger partial charge in [-0.1, -0.05) is 26.8 Å². The lowest BCUT2D eigenvalue weighted by Gasteiger charge is -2.62. The van der Waals surface area contributed by atoms with Crippen molar-refractivity contribution in [2.24, 2.45) is 23.2 Å². The Labute approximate surface area is 190 Å². The number of carbonyl (C=O) groups excluding carboxylic acids is 1. The van der Waals surface area contributed by atoms with Crippen molar-refractivity contribution in [2.45, 2.75) is 59.3 Å². The second-order valence-electron chi connectivity index (χ2n) is 9.90. The van der Waals surface area contributed by atoms with Crippen LogP contribution >= 0.6 is 15.9 Å². The van der Waals surface area contributed by atoms with Crippen LogP contribution in [0.4, 0.5) is 5.69 Å². The summed E-state index contributed by atoms with van der Waals surface area (Å²) in [5.41, 5.74) is 2.81. The van der Waals surface area contributed by atoms with Crippen molar-refractivity contribution in [3.63, 3.8) is 0 Å². The number of anilines is 1. The highest BCUT2D eigenvalue weighted by molar-refractivity contribution is 9.10. The summed E-state index contributed by atoms with van der Waals surface area (Å²) in [5, 5.41) is 7.86. The van der Waals surface area contributed by atoms with E-state index in [1.54, 1.807) is 17.3 Å². The van der Waals surface area contributed by atoms with Crippen molar-refractivity contribution < 1.29 is 4.79 Å². The molecule has 2 bridgehead atoms. The van der Waals surface area contributed by atoms with E-state index in [-0.39, 0.29) is 18.0 Å². The molecule has 1 N–H and O–H groups in total. The molecule has 1 amide bonds. The predicted molar refractivity (Wildman–Crippen MR) is 121 cm³/mol. The number of nitrogens with zero attached hydrogens (tertiary/aromatic N) is 4. The summed E-state index contributed by atoms with van der Waals surface area (Å²) >= 11 is 3.45. The third-order valence-electron chi connectivity index (χ3n) is 8.00. The van der Waals surface area contributed by atoms with E-state index < -0.39 is 0 Å². The first-order valence-electron chi connectivity index (χ1n) is 11.0. The summed E-state index contributed by atoms with van der Waals surface area (Å²) < 4.78 is 1.67. The summed E-state index contributed by atoms with van der Waals surface area (Å²) in [7, 11) is 0. The SMILES string of the molecule is C[C@H]1[C@H](Nc2cnn(CC(=O)N3Cc4cccnc4C3)c(=O)c2Br)C[C@H]2C[C@@H]1C2(C)C. The quantitative estimate of drug-likeness (QED) is 0.717. The third-order valence-corrected chi connectivity index (χ3v) is 8.77. The van der Waals surface area contributed by atoms with Crippen LogP contribution in [0.2, 0.25) is 0 Å². The highest BCUT2D eigenvalue weighted by Crippen LogP contribution is 2.61. The number of rotatable bonds is 4. The highest BCUT2D eigenvalue weighted by atomic mass is 79.9. The molecule has 0 spiro atoms. The molecule has 1 aliphatic heterocycles. The van der Waals surface area contributed by atoms with Crippen molar-refractivity contribution in [3.05, 3.63) is 50.6 Å². The first-order valence-corrected chi connectivity index (χ1v) is 11.8. The van der Waals surface area contributed by atoms with E-state index in [9.17, 15) is 9.59 Å². The van der Waals surface area contributed by atoms with Gasteiger partial charge in [0.15, 0.2) is 0 Å². The van der Waals surface area contributed by atoms with Gasteiger partial charge in [-0.3, -0.25) is 14.6 Å². The molecule has 164 valence electrons. The van der Waals surface area contributed by atoms with E-state index >= 15 is 0 Å². The molecule has 4 atom stereocenters. The maximum absolute atomic E-state index is 12.9. The number of halogens is 1. The van der Waals surface area contributed by atoms with Crippen LogP contribution in [0, 0.1) is 23.2 Å². The highest BCUT2D eigenvalue weighted by Gasteiger charge is 2.56. The zero-order valence-electron chi connectivity index (χ0n) is 18.1. The predicted octanol–water partition coefficient (Wildman–Crippen LogP) is 3.43. The summed E-state index contributed by atoms with van der Waals surface area (Å²) in [6.07, 6.45) is 5.82. The van der Waals surface area contributed by atoms with Crippen molar-refractivity contribution in [2.75, 3.05) is 5.32 Å². The standard InChI is InChI=1S/C23H28BrN5O2/c1-13-16-7-15(23(16,2)3)8-17(13)27-18-9-26-29(22(31)21(18)24)12-20(30)28-10-14-5-4-6-25-19(14)11-28/h4-6,9,13,15-17,27H,7-8,10-12H2,1-3H3/t13-,15-,16+,17-/m1/s1. The second-order valence-corrected chi connectivity index (χ2v) is 10.7. The first kappa shape index (κ1) is 20.7. The topological polar surface area (TPSA) is 80.1 Å². The van der Waals surface area contributed by atoms with Crippen molar-refractivity contribution in [1.82, 2.24) is 19.7 Å². The number of nitrogens with one attached hydrogen (secondary N) is 1. The van der Waals surface area contributed by atoms with E-state index in [1.165, 1.54) is 11.1 Å². The number of amides is 1. The van der Waals surface area contributed by atoms with E-state index in [0.29, 0.717) is 46.5 Å².